The molecule has 1 aromatic heterocycles. The van der Waals surface area contributed by atoms with Gasteiger partial charge in [-0.1, -0.05) is 23.7 Å². The van der Waals surface area contributed by atoms with Crippen LogP contribution in [0.4, 0.5) is 5.00 Å². The molecule has 100 valence electrons. The zero-order valence-corrected chi connectivity index (χ0v) is 12.5. The number of piperazine rings is 1. The zero-order chi connectivity index (χ0) is 13.2. The van der Waals surface area contributed by atoms with Gasteiger partial charge in [0, 0.05) is 36.6 Å². The van der Waals surface area contributed by atoms with Gasteiger partial charge in [-0.3, -0.25) is 0 Å². The minimum absolute atomic E-state index is 0.790. The highest BCUT2D eigenvalue weighted by atomic mass is 35.5. The monoisotopic (exact) mass is 292 g/mol. The van der Waals surface area contributed by atoms with Crippen LogP contribution < -0.4 is 4.90 Å². The third kappa shape index (κ3) is 2.94. The Hall–Kier alpha value is -1.03. The second-order valence-corrected chi connectivity index (χ2v) is 6.30. The van der Waals surface area contributed by atoms with Crippen molar-refractivity contribution in [1.82, 2.24) is 4.90 Å². The first kappa shape index (κ1) is 13.0. The molecular formula is C15H17ClN2S. The van der Waals surface area contributed by atoms with E-state index in [9.17, 15) is 0 Å². The minimum Gasteiger partial charge on any atom is -0.361 e. The lowest BCUT2D eigenvalue weighted by atomic mass is 10.1. The summed E-state index contributed by atoms with van der Waals surface area (Å²) in [4.78, 5) is 4.86. The summed E-state index contributed by atoms with van der Waals surface area (Å²) in [6.07, 6.45) is 0. The van der Waals surface area contributed by atoms with Crippen molar-refractivity contribution in [1.29, 1.82) is 0 Å². The Labute approximate surface area is 123 Å². The van der Waals surface area contributed by atoms with E-state index in [1.165, 1.54) is 16.1 Å². The Bertz CT molecular complexity index is 542. The summed E-state index contributed by atoms with van der Waals surface area (Å²) in [5.41, 5.74) is 2.52. The molecule has 2 aromatic rings. The van der Waals surface area contributed by atoms with Crippen LogP contribution in [-0.4, -0.2) is 38.1 Å². The number of hydrogen-bond acceptors (Lipinski definition) is 3. The van der Waals surface area contributed by atoms with Gasteiger partial charge in [0.25, 0.3) is 0 Å². The first-order chi connectivity index (χ1) is 9.22. The molecule has 3 rings (SSSR count). The minimum atomic E-state index is 0.790. The average Bonchev–Trinajstić information content (AvgIpc) is 2.90. The summed E-state index contributed by atoms with van der Waals surface area (Å²) in [5.74, 6) is 0. The van der Waals surface area contributed by atoms with Gasteiger partial charge in [0.2, 0.25) is 0 Å². The third-order valence-electron chi connectivity index (χ3n) is 3.58. The maximum absolute atomic E-state index is 5.93. The fourth-order valence-corrected chi connectivity index (χ4v) is 3.42. The Morgan fingerprint density at radius 3 is 2.37 bits per heavy atom. The van der Waals surface area contributed by atoms with E-state index in [0.29, 0.717) is 0 Å². The molecule has 1 aliphatic rings. The van der Waals surface area contributed by atoms with Crippen LogP contribution in [0.1, 0.15) is 0 Å². The lowest BCUT2D eigenvalue weighted by Gasteiger charge is -2.32. The first-order valence-corrected chi connectivity index (χ1v) is 7.76. The number of thiophene rings is 1. The predicted octanol–water partition coefficient (Wildman–Crippen LogP) is 3.82. The van der Waals surface area contributed by atoms with Gasteiger partial charge in [-0.15, -0.1) is 11.3 Å². The largest absolute Gasteiger partial charge is 0.361 e. The molecule has 19 heavy (non-hydrogen) atoms. The van der Waals surface area contributed by atoms with Crippen LogP contribution in [0.3, 0.4) is 0 Å². The van der Waals surface area contributed by atoms with Crippen molar-refractivity contribution in [2.45, 2.75) is 0 Å². The molecule has 0 saturated carbocycles. The van der Waals surface area contributed by atoms with Crippen molar-refractivity contribution in [3.63, 3.8) is 0 Å². The maximum Gasteiger partial charge on any atom is 0.0915 e. The molecular weight excluding hydrogens is 276 g/mol. The Morgan fingerprint density at radius 2 is 1.68 bits per heavy atom. The van der Waals surface area contributed by atoms with Crippen molar-refractivity contribution < 1.29 is 0 Å². The molecule has 0 unspecified atom stereocenters. The van der Waals surface area contributed by atoms with Gasteiger partial charge in [0.15, 0.2) is 0 Å². The first-order valence-electron chi connectivity index (χ1n) is 6.50. The normalized spacial score (nSPS) is 16.8. The second kappa shape index (κ2) is 5.53. The van der Waals surface area contributed by atoms with E-state index < -0.39 is 0 Å². The van der Waals surface area contributed by atoms with Crippen molar-refractivity contribution in [3.05, 3.63) is 40.7 Å². The number of anilines is 1. The molecule has 0 spiro atoms. The van der Waals surface area contributed by atoms with Gasteiger partial charge in [0.1, 0.15) is 0 Å². The predicted molar refractivity (Wildman–Crippen MR) is 84.5 cm³/mol. The van der Waals surface area contributed by atoms with Gasteiger partial charge in [-0.25, -0.2) is 0 Å². The smallest absolute Gasteiger partial charge is 0.0915 e. The van der Waals surface area contributed by atoms with Crippen LogP contribution in [0.15, 0.2) is 35.7 Å². The lowest BCUT2D eigenvalue weighted by molar-refractivity contribution is 0.313. The number of rotatable bonds is 2. The Kier molecular flexibility index (Phi) is 3.78. The summed E-state index contributed by atoms with van der Waals surface area (Å²) < 4.78 is 0. The molecule has 1 saturated heterocycles. The van der Waals surface area contributed by atoms with Gasteiger partial charge >= 0.3 is 0 Å². The zero-order valence-electron chi connectivity index (χ0n) is 11.0. The highest BCUT2D eigenvalue weighted by Crippen LogP contribution is 2.32. The number of halogens is 1. The number of nitrogens with zero attached hydrogens (tertiary/aromatic N) is 2. The lowest BCUT2D eigenvalue weighted by Crippen LogP contribution is -2.44. The standard InChI is InChI=1S/C15H17ClN2S/c1-17-6-8-18(9-7-17)15-10-13(11-19-15)12-2-4-14(16)5-3-12/h2-5,10-11H,6-9H2,1H3. The Morgan fingerprint density at radius 1 is 1.00 bits per heavy atom. The van der Waals surface area contributed by atoms with Crippen LogP contribution in [0.2, 0.25) is 5.02 Å². The molecule has 4 heteroatoms. The number of benzene rings is 1. The quantitative estimate of drug-likeness (QED) is 0.830. The highest BCUT2D eigenvalue weighted by Gasteiger charge is 2.15. The van der Waals surface area contributed by atoms with E-state index in [1.807, 2.05) is 23.5 Å². The van der Waals surface area contributed by atoms with Crippen LogP contribution in [0.25, 0.3) is 11.1 Å². The molecule has 1 fully saturated rings. The molecule has 0 aliphatic carbocycles. The molecule has 0 radical (unpaired) electrons. The van der Waals surface area contributed by atoms with Crippen LogP contribution in [0.5, 0.6) is 0 Å². The second-order valence-electron chi connectivity index (χ2n) is 4.97. The van der Waals surface area contributed by atoms with Crippen molar-refractivity contribution in [3.8, 4) is 11.1 Å². The molecule has 0 amide bonds. The molecule has 0 N–H and O–H groups in total. The van der Waals surface area contributed by atoms with E-state index in [0.717, 1.165) is 31.2 Å². The third-order valence-corrected chi connectivity index (χ3v) is 4.82. The molecule has 0 atom stereocenters. The number of hydrogen-bond donors (Lipinski definition) is 0. The van der Waals surface area contributed by atoms with Crippen molar-refractivity contribution in [2.24, 2.45) is 0 Å². The molecule has 0 bridgehead atoms. The fraction of sp³-hybridized carbons (Fsp3) is 0.333. The molecule has 1 aliphatic heterocycles. The SMILES string of the molecule is CN1CCN(c2cc(-c3ccc(Cl)cc3)cs2)CC1. The summed E-state index contributed by atoms with van der Waals surface area (Å²) in [7, 11) is 2.19. The van der Waals surface area contributed by atoms with Gasteiger partial charge < -0.3 is 9.80 Å². The summed E-state index contributed by atoms with van der Waals surface area (Å²) >= 11 is 7.76. The summed E-state index contributed by atoms with van der Waals surface area (Å²) in [6, 6.07) is 10.4. The summed E-state index contributed by atoms with van der Waals surface area (Å²) in [5, 5.41) is 4.40. The van der Waals surface area contributed by atoms with Crippen LogP contribution >= 0.6 is 22.9 Å². The van der Waals surface area contributed by atoms with E-state index in [4.69, 9.17) is 11.6 Å². The van der Waals surface area contributed by atoms with Crippen molar-refractivity contribution >= 4 is 27.9 Å². The van der Waals surface area contributed by atoms with Crippen molar-refractivity contribution in [2.75, 3.05) is 38.1 Å². The summed E-state index contributed by atoms with van der Waals surface area (Å²) in [6.45, 7) is 4.54. The van der Waals surface area contributed by atoms with Gasteiger partial charge in [-0.05, 0) is 36.4 Å². The Balaban J connectivity index is 1.77. The van der Waals surface area contributed by atoms with E-state index >= 15 is 0 Å². The van der Waals surface area contributed by atoms with E-state index in [1.54, 1.807) is 0 Å². The number of likely N-dealkylation sites (N-methyl/N-ethyl adjacent to an activating group) is 1. The molecule has 2 heterocycles. The van der Waals surface area contributed by atoms with Crippen LogP contribution in [-0.2, 0) is 0 Å². The van der Waals surface area contributed by atoms with E-state index in [2.05, 4.69) is 40.4 Å². The molecule has 2 nitrogen and oxygen atoms in total. The molecule has 1 aromatic carbocycles. The highest BCUT2D eigenvalue weighted by molar-refractivity contribution is 7.14. The average molecular weight is 293 g/mol. The van der Waals surface area contributed by atoms with Gasteiger partial charge in [0.05, 0.1) is 5.00 Å². The maximum atomic E-state index is 5.93. The van der Waals surface area contributed by atoms with E-state index in [-0.39, 0.29) is 0 Å². The van der Waals surface area contributed by atoms with Gasteiger partial charge in [-0.2, -0.15) is 0 Å². The van der Waals surface area contributed by atoms with Crippen LogP contribution in [0, 0.1) is 0 Å². The topological polar surface area (TPSA) is 6.48 Å². The fourth-order valence-electron chi connectivity index (χ4n) is 2.31.